The Morgan fingerprint density at radius 2 is 2.40 bits per heavy atom. The Balaban J connectivity index is 2.81. The maximum absolute atomic E-state index is 13.0. The molecule has 0 aliphatic carbocycles. The van der Waals surface area contributed by atoms with Gasteiger partial charge < -0.3 is 5.73 Å². The zero-order valence-corrected chi connectivity index (χ0v) is 8.20. The lowest BCUT2D eigenvalue weighted by Crippen LogP contribution is -2.18. The van der Waals surface area contributed by atoms with Crippen molar-refractivity contribution in [3.63, 3.8) is 0 Å². The normalized spacial score (nSPS) is 10.8. The van der Waals surface area contributed by atoms with Crippen LogP contribution in [0, 0.1) is 5.82 Å². The second kappa shape index (κ2) is 3.34. The molecule has 5 heteroatoms. The van der Waals surface area contributed by atoms with Crippen molar-refractivity contribution in [3.8, 4) is 0 Å². The van der Waals surface area contributed by atoms with Gasteiger partial charge in [-0.1, -0.05) is 6.92 Å². The summed E-state index contributed by atoms with van der Waals surface area (Å²) >= 11 is 0. The van der Waals surface area contributed by atoms with Gasteiger partial charge in [0.1, 0.15) is 11.5 Å². The van der Waals surface area contributed by atoms with Gasteiger partial charge in [-0.3, -0.25) is 4.57 Å². The lowest BCUT2D eigenvalue weighted by atomic mass is 10.2. The van der Waals surface area contributed by atoms with E-state index in [4.69, 9.17) is 5.73 Å². The molecule has 0 saturated heterocycles. The summed E-state index contributed by atoms with van der Waals surface area (Å²) < 4.78 is 14.2. The van der Waals surface area contributed by atoms with E-state index in [0.29, 0.717) is 17.5 Å². The van der Waals surface area contributed by atoms with Crippen molar-refractivity contribution in [2.45, 2.75) is 13.3 Å². The van der Waals surface area contributed by atoms with Gasteiger partial charge >= 0.3 is 6.03 Å². The molecule has 0 spiro atoms. The maximum Gasteiger partial charge on any atom is 0.324 e. The average molecular weight is 207 g/mol. The quantitative estimate of drug-likeness (QED) is 0.773. The highest BCUT2D eigenvalue weighted by Crippen LogP contribution is 2.20. The third-order valence-electron chi connectivity index (χ3n) is 2.31. The van der Waals surface area contributed by atoms with Gasteiger partial charge in [-0.15, -0.1) is 0 Å². The van der Waals surface area contributed by atoms with E-state index < -0.39 is 11.8 Å². The van der Waals surface area contributed by atoms with Crippen LogP contribution in [0.4, 0.5) is 9.18 Å². The molecule has 2 N–H and O–H groups in total. The zero-order chi connectivity index (χ0) is 11.0. The Bertz CT molecular complexity index is 533. The van der Waals surface area contributed by atoms with Crippen molar-refractivity contribution in [2.24, 2.45) is 5.73 Å². The first-order valence-corrected chi connectivity index (χ1v) is 4.58. The summed E-state index contributed by atoms with van der Waals surface area (Å²) in [6, 6.07) is 0.749. The van der Waals surface area contributed by atoms with Crippen molar-refractivity contribution in [1.29, 1.82) is 0 Å². The number of nitrogens with two attached hydrogens (primary N) is 1. The first kappa shape index (κ1) is 9.64. The van der Waals surface area contributed by atoms with Gasteiger partial charge in [-0.2, -0.15) is 0 Å². The van der Waals surface area contributed by atoms with E-state index in [9.17, 15) is 9.18 Å². The second-order valence-electron chi connectivity index (χ2n) is 3.24. The van der Waals surface area contributed by atoms with Crippen LogP contribution >= 0.6 is 0 Å². The number of fused-ring (bicyclic) bond motifs is 1. The summed E-state index contributed by atoms with van der Waals surface area (Å²) in [5, 5.41) is 0.635. The Morgan fingerprint density at radius 3 is 3.00 bits per heavy atom. The van der Waals surface area contributed by atoms with Gasteiger partial charge in [0, 0.05) is 11.6 Å². The molecule has 0 unspecified atom stereocenters. The summed E-state index contributed by atoms with van der Waals surface area (Å²) in [7, 11) is 0. The molecule has 0 radical (unpaired) electrons. The van der Waals surface area contributed by atoms with Crippen LogP contribution in [0.5, 0.6) is 0 Å². The molecule has 0 aliphatic heterocycles. The van der Waals surface area contributed by atoms with Crippen molar-refractivity contribution >= 4 is 17.1 Å². The number of rotatable bonds is 1. The number of hydrogen-bond acceptors (Lipinski definition) is 2. The second-order valence-corrected chi connectivity index (χ2v) is 3.24. The highest BCUT2D eigenvalue weighted by Gasteiger charge is 2.12. The summed E-state index contributed by atoms with van der Waals surface area (Å²) in [6.07, 6.45) is 3.36. The number of nitrogens with zero attached hydrogens (tertiary/aromatic N) is 2. The number of pyridine rings is 1. The topological polar surface area (TPSA) is 60.9 Å². The fourth-order valence-corrected chi connectivity index (χ4v) is 1.60. The number of amides is 1. The molecule has 4 nitrogen and oxygen atoms in total. The average Bonchev–Trinajstić information content (AvgIpc) is 2.55. The predicted molar refractivity (Wildman–Crippen MR) is 54.1 cm³/mol. The molecule has 2 aromatic heterocycles. The molecule has 0 saturated carbocycles. The fraction of sp³-hybridized carbons (Fsp3) is 0.200. The van der Waals surface area contributed by atoms with Gasteiger partial charge in [0.05, 0.1) is 6.20 Å². The van der Waals surface area contributed by atoms with E-state index in [1.165, 1.54) is 10.6 Å². The van der Waals surface area contributed by atoms with E-state index in [2.05, 4.69) is 4.98 Å². The van der Waals surface area contributed by atoms with Crippen molar-refractivity contribution in [1.82, 2.24) is 9.55 Å². The Labute approximate surface area is 85.5 Å². The number of primary amides is 1. The molecule has 15 heavy (non-hydrogen) atoms. The minimum absolute atomic E-state index is 0.403. The molecular formula is C10H10FN3O. The smallest absolute Gasteiger partial charge is 0.324 e. The number of hydrogen-bond donors (Lipinski definition) is 1. The monoisotopic (exact) mass is 207 g/mol. The van der Waals surface area contributed by atoms with Gasteiger partial charge in [0.15, 0.2) is 0 Å². The van der Waals surface area contributed by atoms with Crippen LogP contribution in [0.25, 0.3) is 11.0 Å². The minimum atomic E-state index is -0.612. The van der Waals surface area contributed by atoms with E-state index in [1.807, 2.05) is 6.92 Å². The number of carbonyl (C=O) groups excluding carboxylic acids is 1. The zero-order valence-electron chi connectivity index (χ0n) is 8.20. The Morgan fingerprint density at radius 1 is 1.67 bits per heavy atom. The summed E-state index contributed by atoms with van der Waals surface area (Å²) in [5.74, 6) is -0.417. The number of carbonyl (C=O) groups is 1. The molecule has 0 atom stereocenters. The molecule has 0 fully saturated rings. The van der Waals surface area contributed by atoms with E-state index in [1.54, 1.807) is 6.20 Å². The summed E-state index contributed by atoms with van der Waals surface area (Å²) in [5.41, 5.74) is 6.44. The fourth-order valence-electron chi connectivity index (χ4n) is 1.60. The van der Waals surface area contributed by atoms with E-state index in [-0.39, 0.29) is 0 Å². The van der Waals surface area contributed by atoms with Gasteiger partial charge in [-0.05, 0) is 18.1 Å². The third-order valence-corrected chi connectivity index (χ3v) is 2.31. The van der Waals surface area contributed by atoms with Crippen LogP contribution < -0.4 is 5.73 Å². The Kier molecular flexibility index (Phi) is 2.15. The van der Waals surface area contributed by atoms with Crippen LogP contribution in [0.3, 0.4) is 0 Å². The molecule has 0 bridgehead atoms. The highest BCUT2D eigenvalue weighted by molar-refractivity contribution is 5.90. The van der Waals surface area contributed by atoms with Gasteiger partial charge in [0.2, 0.25) is 0 Å². The van der Waals surface area contributed by atoms with Gasteiger partial charge in [0.25, 0.3) is 0 Å². The van der Waals surface area contributed by atoms with Crippen molar-refractivity contribution in [3.05, 3.63) is 29.8 Å². The largest absolute Gasteiger partial charge is 0.351 e. The lowest BCUT2D eigenvalue weighted by molar-refractivity contribution is 0.251. The number of aryl methyl sites for hydroxylation is 1. The molecule has 0 aliphatic rings. The van der Waals surface area contributed by atoms with Crippen LogP contribution in [-0.2, 0) is 6.42 Å². The summed E-state index contributed by atoms with van der Waals surface area (Å²) in [6.45, 7) is 1.92. The molecule has 2 heterocycles. The Hall–Kier alpha value is -1.91. The number of halogens is 1. The van der Waals surface area contributed by atoms with Crippen LogP contribution in [0.15, 0.2) is 18.5 Å². The molecule has 0 aromatic carbocycles. The van der Waals surface area contributed by atoms with E-state index in [0.717, 1.165) is 11.8 Å². The van der Waals surface area contributed by atoms with E-state index >= 15 is 0 Å². The van der Waals surface area contributed by atoms with Gasteiger partial charge in [-0.25, -0.2) is 14.2 Å². The molecule has 2 aromatic rings. The SMILES string of the molecule is CCc1cn(C(N)=O)c2ncc(F)cc12. The summed E-state index contributed by atoms with van der Waals surface area (Å²) in [4.78, 5) is 14.9. The lowest BCUT2D eigenvalue weighted by Gasteiger charge is -1.96. The van der Waals surface area contributed by atoms with Crippen molar-refractivity contribution < 1.29 is 9.18 Å². The predicted octanol–water partition coefficient (Wildman–Crippen LogP) is 1.66. The molecular weight excluding hydrogens is 197 g/mol. The van der Waals surface area contributed by atoms with Crippen molar-refractivity contribution in [2.75, 3.05) is 0 Å². The maximum atomic E-state index is 13.0. The van der Waals surface area contributed by atoms with Crippen LogP contribution in [0.1, 0.15) is 12.5 Å². The first-order valence-electron chi connectivity index (χ1n) is 4.58. The number of aromatic nitrogens is 2. The minimum Gasteiger partial charge on any atom is -0.351 e. The molecule has 2 rings (SSSR count). The van der Waals surface area contributed by atoms with Crippen LogP contribution in [-0.4, -0.2) is 15.6 Å². The standard InChI is InChI=1S/C10H10FN3O/c1-2-6-5-14(10(12)15)9-8(6)3-7(11)4-13-9/h3-5H,2H2,1H3,(H2,12,15). The van der Waals surface area contributed by atoms with Crippen LogP contribution in [0.2, 0.25) is 0 Å². The molecule has 1 amide bonds. The molecule has 78 valence electrons. The highest BCUT2D eigenvalue weighted by atomic mass is 19.1. The third kappa shape index (κ3) is 1.45. The first-order chi connectivity index (χ1) is 7.13.